The Morgan fingerprint density at radius 3 is 2.58 bits per heavy atom. The number of rotatable bonds is 2. The van der Waals surface area contributed by atoms with Gasteiger partial charge in [0.1, 0.15) is 11.6 Å². The van der Waals surface area contributed by atoms with Crippen molar-refractivity contribution in [2.45, 2.75) is 18.4 Å². The molecule has 1 aliphatic rings. The van der Waals surface area contributed by atoms with Crippen molar-refractivity contribution in [1.29, 1.82) is 0 Å². The fraction of sp³-hybridized carbons (Fsp3) is 0.250. The summed E-state index contributed by atoms with van der Waals surface area (Å²) in [6, 6.07) is 12.7. The maximum absolute atomic E-state index is 13.3. The third-order valence-electron chi connectivity index (χ3n) is 3.94. The highest BCUT2D eigenvalue weighted by Gasteiger charge is 2.36. The van der Waals surface area contributed by atoms with Crippen LogP contribution in [0.25, 0.3) is 0 Å². The van der Waals surface area contributed by atoms with Crippen LogP contribution in [-0.4, -0.2) is 7.11 Å². The van der Waals surface area contributed by atoms with Crippen LogP contribution in [0.15, 0.2) is 42.5 Å². The Morgan fingerprint density at radius 1 is 1.16 bits per heavy atom. The monoisotopic (exact) mass is 257 g/mol. The molecule has 1 unspecified atom stereocenters. The Hall–Kier alpha value is -1.87. The lowest BCUT2D eigenvalue weighted by molar-refractivity contribution is 0.414. The maximum Gasteiger partial charge on any atom is 0.123 e. The van der Waals surface area contributed by atoms with Gasteiger partial charge in [-0.25, -0.2) is 4.39 Å². The molecule has 1 aliphatic carbocycles. The second-order valence-electron chi connectivity index (χ2n) is 5.00. The van der Waals surface area contributed by atoms with Gasteiger partial charge in [0.15, 0.2) is 0 Å². The summed E-state index contributed by atoms with van der Waals surface area (Å²) in [7, 11) is 1.64. The summed E-state index contributed by atoms with van der Waals surface area (Å²) in [4.78, 5) is 0. The number of ether oxygens (including phenoxy) is 1. The molecule has 0 amide bonds. The summed E-state index contributed by atoms with van der Waals surface area (Å²) >= 11 is 0. The quantitative estimate of drug-likeness (QED) is 0.897. The number of benzene rings is 2. The predicted molar refractivity (Wildman–Crippen MR) is 72.7 cm³/mol. The minimum Gasteiger partial charge on any atom is -0.497 e. The van der Waals surface area contributed by atoms with Crippen molar-refractivity contribution < 1.29 is 9.13 Å². The summed E-state index contributed by atoms with van der Waals surface area (Å²) in [6.07, 6.45) is 1.62. The largest absolute Gasteiger partial charge is 0.497 e. The van der Waals surface area contributed by atoms with Crippen molar-refractivity contribution in [2.24, 2.45) is 5.73 Å². The summed E-state index contributed by atoms with van der Waals surface area (Å²) in [5.41, 5.74) is 9.13. The highest BCUT2D eigenvalue weighted by molar-refractivity contribution is 5.47. The van der Waals surface area contributed by atoms with Crippen LogP contribution < -0.4 is 10.5 Å². The van der Waals surface area contributed by atoms with E-state index in [2.05, 4.69) is 0 Å². The first-order chi connectivity index (χ1) is 9.13. The molecule has 0 saturated heterocycles. The SMILES string of the molecule is COc1ccc(C2(N)CCc3cc(F)ccc32)cc1. The molecule has 2 aromatic carbocycles. The van der Waals surface area contributed by atoms with Gasteiger partial charge in [0.2, 0.25) is 0 Å². The molecular formula is C16H16FNO. The van der Waals surface area contributed by atoms with E-state index in [9.17, 15) is 4.39 Å². The van der Waals surface area contributed by atoms with E-state index in [0.717, 1.165) is 35.3 Å². The molecule has 2 aromatic rings. The van der Waals surface area contributed by atoms with E-state index >= 15 is 0 Å². The summed E-state index contributed by atoms with van der Waals surface area (Å²) < 4.78 is 18.4. The standard InChI is InChI=1S/C16H16FNO/c1-19-14-5-2-12(3-6-14)16(18)9-8-11-10-13(17)4-7-15(11)16/h2-7,10H,8-9,18H2,1H3. The summed E-state index contributed by atoms with van der Waals surface area (Å²) in [6.45, 7) is 0. The number of methoxy groups -OCH3 is 1. The smallest absolute Gasteiger partial charge is 0.123 e. The van der Waals surface area contributed by atoms with Crippen LogP contribution in [-0.2, 0) is 12.0 Å². The van der Waals surface area contributed by atoms with Crippen LogP contribution in [0.2, 0.25) is 0 Å². The van der Waals surface area contributed by atoms with Gasteiger partial charge in [-0.3, -0.25) is 0 Å². The molecule has 0 spiro atoms. The lowest BCUT2D eigenvalue weighted by Crippen LogP contribution is -2.35. The van der Waals surface area contributed by atoms with Crippen LogP contribution in [0.1, 0.15) is 23.1 Å². The molecule has 98 valence electrons. The van der Waals surface area contributed by atoms with Gasteiger partial charge in [-0.2, -0.15) is 0 Å². The molecular weight excluding hydrogens is 241 g/mol. The number of nitrogens with two attached hydrogens (primary N) is 1. The summed E-state index contributed by atoms with van der Waals surface area (Å²) in [5, 5.41) is 0. The molecule has 19 heavy (non-hydrogen) atoms. The van der Waals surface area contributed by atoms with E-state index in [4.69, 9.17) is 10.5 Å². The van der Waals surface area contributed by atoms with Gasteiger partial charge >= 0.3 is 0 Å². The topological polar surface area (TPSA) is 35.2 Å². The van der Waals surface area contributed by atoms with Crippen LogP contribution in [0.5, 0.6) is 5.75 Å². The molecule has 0 radical (unpaired) electrons. The molecule has 2 nitrogen and oxygen atoms in total. The zero-order valence-electron chi connectivity index (χ0n) is 10.8. The molecule has 0 aliphatic heterocycles. The van der Waals surface area contributed by atoms with Gasteiger partial charge in [-0.05, 0) is 53.8 Å². The third-order valence-corrected chi connectivity index (χ3v) is 3.94. The van der Waals surface area contributed by atoms with E-state index in [-0.39, 0.29) is 5.82 Å². The number of halogens is 1. The van der Waals surface area contributed by atoms with Gasteiger partial charge in [-0.1, -0.05) is 18.2 Å². The molecule has 0 bridgehead atoms. The maximum atomic E-state index is 13.3. The Bertz CT molecular complexity index is 609. The molecule has 0 saturated carbocycles. The van der Waals surface area contributed by atoms with Crippen LogP contribution in [0.4, 0.5) is 4.39 Å². The summed E-state index contributed by atoms with van der Waals surface area (Å²) in [5.74, 6) is 0.613. The van der Waals surface area contributed by atoms with Crippen LogP contribution in [0, 0.1) is 5.82 Å². The van der Waals surface area contributed by atoms with Crippen molar-refractivity contribution in [3.63, 3.8) is 0 Å². The second-order valence-corrected chi connectivity index (χ2v) is 5.00. The molecule has 0 heterocycles. The average Bonchev–Trinajstić information content (AvgIpc) is 2.77. The van der Waals surface area contributed by atoms with Crippen LogP contribution >= 0.6 is 0 Å². The van der Waals surface area contributed by atoms with E-state index in [1.807, 2.05) is 30.3 Å². The Balaban J connectivity index is 2.05. The number of hydrogen-bond acceptors (Lipinski definition) is 2. The zero-order valence-corrected chi connectivity index (χ0v) is 10.8. The molecule has 1 atom stereocenters. The predicted octanol–water partition coefficient (Wildman–Crippen LogP) is 2.98. The molecule has 2 N–H and O–H groups in total. The van der Waals surface area contributed by atoms with Crippen molar-refractivity contribution in [3.05, 3.63) is 65.0 Å². The number of aryl methyl sites for hydroxylation is 1. The van der Waals surface area contributed by atoms with Crippen molar-refractivity contribution in [1.82, 2.24) is 0 Å². The fourth-order valence-electron chi connectivity index (χ4n) is 2.86. The van der Waals surface area contributed by atoms with Gasteiger partial charge in [-0.15, -0.1) is 0 Å². The van der Waals surface area contributed by atoms with Gasteiger partial charge in [0.05, 0.1) is 12.6 Å². The highest BCUT2D eigenvalue weighted by atomic mass is 19.1. The lowest BCUT2D eigenvalue weighted by atomic mass is 9.85. The third kappa shape index (κ3) is 1.90. The first-order valence-electron chi connectivity index (χ1n) is 6.36. The van der Waals surface area contributed by atoms with Crippen molar-refractivity contribution in [3.8, 4) is 5.75 Å². The molecule has 0 aromatic heterocycles. The minimum atomic E-state index is -0.519. The first kappa shape index (κ1) is 12.2. The zero-order chi connectivity index (χ0) is 13.5. The average molecular weight is 257 g/mol. The Labute approximate surface area is 112 Å². The van der Waals surface area contributed by atoms with Crippen molar-refractivity contribution >= 4 is 0 Å². The Kier molecular flexibility index (Phi) is 2.79. The molecule has 3 rings (SSSR count). The normalized spacial score (nSPS) is 21.2. The number of fused-ring (bicyclic) bond motifs is 1. The lowest BCUT2D eigenvalue weighted by Gasteiger charge is -2.26. The van der Waals surface area contributed by atoms with Gasteiger partial charge in [0.25, 0.3) is 0 Å². The minimum absolute atomic E-state index is 0.197. The highest BCUT2D eigenvalue weighted by Crippen LogP contribution is 2.40. The molecule has 0 fully saturated rings. The van der Waals surface area contributed by atoms with Crippen LogP contribution in [0.3, 0.4) is 0 Å². The van der Waals surface area contributed by atoms with E-state index in [1.54, 1.807) is 13.2 Å². The Morgan fingerprint density at radius 2 is 1.89 bits per heavy atom. The number of hydrogen-bond donors (Lipinski definition) is 1. The second kappa shape index (κ2) is 4.35. The fourth-order valence-corrected chi connectivity index (χ4v) is 2.86. The van der Waals surface area contributed by atoms with E-state index in [1.165, 1.54) is 6.07 Å². The van der Waals surface area contributed by atoms with Gasteiger partial charge in [0, 0.05) is 0 Å². The molecule has 3 heteroatoms. The van der Waals surface area contributed by atoms with Crippen molar-refractivity contribution in [2.75, 3.05) is 7.11 Å². The van der Waals surface area contributed by atoms with E-state index in [0.29, 0.717) is 0 Å². The van der Waals surface area contributed by atoms with Gasteiger partial charge < -0.3 is 10.5 Å². The first-order valence-corrected chi connectivity index (χ1v) is 6.36. The van der Waals surface area contributed by atoms with E-state index < -0.39 is 5.54 Å².